The summed E-state index contributed by atoms with van der Waals surface area (Å²) in [6.45, 7) is 0. The van der Waals surface area contributed by atoms with E-state index in [-0.39, 0.29) is 17.3 Å². The van der Waals surface area contributed by atoms with E-state index >= 15 is 0 Å². The monoisotopic (exact) mass is 256 g/mol. The van der Waals surface area contributed by atoms with Crippen molar-refractivity contribution in [1.29, 1.82) is 0 Å². The molecule has 0 radical (unpaired) electrons. The lowest BCUT2D eigenvalue weighted by atomic mass is 10.2. The third-order valence-electron chi connectivity index (χ3n) is 2.30. The summed E-state index contributed by atoms with van der Waals surface area (Å²) in [5.41, 5.74) is 6.64. The maximum atomic E-state index is 9.53. The van der Waals surface area contributed by atoms with Crippen LogP contribution in [0.4, 0.5) is 0 Å². The van der Waals surface area contributed by atoms with E-state index in [1.807, 2.05) is 0 Å². The predicted octanol–water partition coefficient (Wildman–Crippen LogP) is 1.23. The summed E-state index contributed by atoms with van der Waals surface area (Å²) >= 11 is 0. The first-order valence-electron chi connectivity index (χ1n) is 5.46. The van der Waals surface area contributed by atoms with Crippen molar-refractivity contribution in [2.24, 2.45) is 15.9 Å². The fourth-order valence-electron chi connectivity index (χ4n) is 1.36. The molecule has 4 N–H and O–H groups in total. The van der Waals surface area contributed by atoms with Gasteiger partial charge in [0, 0.05) is 17.8 Å². The third kappa shape index (κ3) is 3.29. The van der Waals surface area contributed by atoms with Crippen molar-refractivity contribution < 1.29 is 10.2 Å². The van der Waals surface area contributed by atoms with Gasteiger partial charge in [0.25, 0.3) is 0 Å². The molecule has 1 aromatic carbocycles. The molecule has 96 valence electrons. The zero-order chi connectivity index (χ0) is 13.7. The van der Waals surface area contributed by atoms with Crippen molar-refractivity contribution in [3.63, 3.8) is 0 Å². The first-order valence-corrected chi connectivity index (χ1v) is 5.46. The van der Waals surface area contributed by atoms with Gasteiger partial charge in [-0.3, -0.25) is 4.98 Å². The van der Waals surface area contributed by atoms with Gasteiger partial charge in [-0.25, -0.2) is 0 Å². The number of nitrogens with two attached hydrogens (primary N) is 1. The van der Waals surface area contributed by atoms with E-state index in [4.69, 9.17) is 10.8 Å². The van der Waals surface area contributed by atoms with E-state index in [9.17, 15) is 5.11 Å². The topological polar surface area (TPSA) is 104 Å². The number of aromatic hydroxyl groups is 2. The van der Waals surface area contributed by atoms with Gasteiger partial charge in [-0.1, -0.05) is 6.07 Å². The Labute approximate surface area is 109 Å². The summed E-state index contributed by atoms with van der Waals surface area (Å²) in [5, 5.41) is 26.2. The molecule has 0 spiro atoms. The van der Waals surface area contributed by atoms with Crippen LogP contribution in [-0.4, -0.2) is 27.2 Å². The lowest BCUT2D eigenvalue weighted by molar-refractivity contribution is 0.450. The van der Waals surface area contributed by atoms with Crippen LogP contribution in [0.3, 0.4) is 0 Å². The van der Waals surface area contributed by atoms with Gasteiger partial charge < -0.3 is 15.9 Å². The minimum absolute atomic E-state index is 0.0221. The van der Waals surface area contributed by atoms with Crippen molar-refractivity contribution in [3.8, 4) is 11.5 Å². The minimum atomic E-state index is -0.0876. The molecule has 0 aliphatic carbocycles. The van der Waals surface area contributed by atoms with Crippen LogP contribution >= 0.6 is 0 Å². The summed E-state index contributed by atoms with van der Waals surface area (Å²) in [6.07, 6.45) is 2.94. The molecule has 0 bridgehead atoms. The van der Waals surface area contributed by atoms with Gasteiger partial charge in [0.1, 0.15) is 17.2 Å². The van der Waals surface area contributed by atoms with E-state index in [1.54, 1.807) is 24.4 Å². The van der Waals surface area contributed by atoms with Crippen LogP contribution < -0.4 is 5.73 Å². The summed E-state index contributed by atoms with van der Waals surface area (Å²) in [6, 6.07) is 9.45. The third-order valence-corrected chi connectivity index (χ3v) is 2.30. The SMILES string of the molecule is NC(=N/N=C/c1ccc(O)cc1O)c1ccccn1. The second-order valence-corrected chi connectivity index (χ2v) is 3.69. The molecular weight excluding hydrogens is 244 g/mol. The van der Waals surface area contributed by atoms with Crippen LogP contribution in [-0.2, 0) is 0 Å². The molecule has 6 nitrogen and oxygen atoms in total. The molecule has 1 heterocycles. The Balaban J connectivity index is 2.15. The number of hydrogen-bond donors (Lipinski definition) is 3. The molecule has 0 aliphatic rings. The number of benzene rings is 1. The highest BCUT2D eigenvalue weighted by atomic mass is 16.3. The lowest BCUT2D eigenvalue weighted by Gasteiger charge is -1.98. The second kappa shape index (κ2) is 5.63. The number of phenolic OH excluding ortho intramolecular Hbond substituents is 2. The number of amidine groups is 1. The summed E-state index contributed by atoms with van der Waals surface area (Å²) in [5.74, 6) is 0.0663. The highest BCUT2D eigenvalue weighted by molar-refractivity contribution is 5.96. The lowest BCUT2D eigenvalue weighted by Crippen LogP contribution is -2.14. The molecule has 2 rings (SSSR count). The van der Waals surface area contributed by atoms with Crippen LogP contribution in [0.15, 0.2) is 52.8 Å². The maximum absolute atomic E-state index is 9.53. The van der Waals surface area contributed by atoms with Crippen LogP contribution in [0.5, 0.6) is 11.5 Å². The van der Waals surface area contributed by atoms with E-state index in [0.29, 0.717) is 11.3 Å². The van der Waals surface area contributed by atoms with Crippen molar-refractivity contribution in [2.75, 3.05) is 0 Å². The Bertz CT molecular complexity index is 624. The molecule has 19 heavy (non-hydrogen) atoms. The predicted molar refractivity (Wildman–Crippen MR) is 72.3 cm³/mol. The second-order valence-electron chi connectivity index (χ2n) is 3.69. The van der Waals surface area contributed by atoms with Gasteiger partial charge >= 0.3 is 0 Å². The Morgan fingerprint density at radius 3 is 2.74 bits per heavy atom. The molecule has 6 heteroatoms. The summed E-state index contributed by atoms with van der Waals surface area (Å²) in [4.78, 5) is 4.02. The Morgan fingerprint density at radius 2 is 2.05 bits per heavy atom. The number of hydrogen-bond acceptors (Lipinski definition) is 5. The number of pyridine rings is 1. The van der Waals surface area contributed by atoms with Crippen molar-refractivity contribution in [3.05, 3.63) is 53.9 Å². The highest BCUT2D eigenvalue weighted by Crippen LogP contribution is 2.20. The quantitative estimate of drug-likeness (QED) is 0.436. The smallest absolute Gasteiger partial charge is 0.171 e. The fraction of sp³-hybridized carbons (Fsp3) is 0. The Morgan fingerprint density at radius 1 is 1.21 bits per heavy atom. The molecule has 2 aromatic rings. The van der Waals surface area contributed by atoms with Crippen molar-refractivity contribution in [2.45, 2.75) is 0 Å². The Kier molecular flexibility index (Phi) is 3.72. The normalized spacial score (nSPS) is 11.9. The van der Waals surface area contributed by atoms with Crippen LogP contribution in [0.1, 0.15) is 11.3 Å². The molecule has 1 aromatic heterocycles. The molecule has 0 fully saturated rings. The summed E-state index contributed by atoms with van der Waals surface area (Å²) < 4.78 is 0. The van der Waals surface area contributed by atoms with E-state index in [1.165, 1.54) is 24.4 Å². The minimum Gasteiger partial charge on any atom is -0.508 e. The number of rotatable bonds is 3. The number of nitrogens with zero attached hydrogens (tertiary/aromatic N) is 3. The van der Waals surface area contributed by atoms with Gasteiger partial charge in [-0.05, 0) is 24.3 Å². The molecule has 0 amide bonds. The van der Waals surface area contributed by atoms with Gasteiger partial charge in [0.05, 0.1) is 6.21 Å². The molecule has 0 atom stereocenters. The van der Waals surface area contributed by atoms with Gasteiger partial charge in [-0.15, -0.1) is 5.10 Å². The highest BCUT2D eigenvalue weighted by Gasteiger charge is 1.99. The average molecular weight is 256 g/mol. The molecule has 0 unspecified atom stereocenters. The van der Waals surface area contributed by atoms with Crippen LogP contribution in [0.2, 0.25) is 0 Å². The molecule has 0 saturated heterocycles. The molecular formula is C13H12N4O2. The van der Waals surface area contributed by atoms with E-state index in [2.05, 4.69) is 15.2 Å². The van der Waals surface area contributed by atoms with Gasteiger partial charge in [-0.2, -0.15) is 5.10 Å². The van der Waals surface area contributed by atoms with Gasteiger partial charge in [0.2, 0.25) is 0 Å². The number of phenols is 2. The largest absolute Gasteiger partial charge is 0.508 e. The molecule has 0 saturated carbocycles. The standard InChI is InChI=1S/C13H12N4O2/c14-13(11-3-1-2-6-15-11)17-16-8-9-4-5-10(18)7-12(9)19/h1-8,18-19H,(H2,14,17)/b16-8+. The zero-order valence-corrected chi connectivity index (χ0v) is 9.93. The first kappa shape index (κ1) is 12.6. The molecule has 0 aliphatic heterocycles. The fourth-order valence-corrected chi connectivity index (χ4v) is 1.36. The van der Waals surface area contributed by atoms with Crippen molar-refractivity contribution in [1.82, 2.24) is 4.98 Å². The number of aromatic nitrogens is 1. The van der Waals surface area contributed by atoms with Gasteiger partial charge in [0.15, 0.2) is 5.84 Å². The maximum Gasteiger partial charge on any atom is 0.171 e. The van der Waals surface area contributed by atoms with Crippen molar-refractivity contribution >= 4 is 12.1 Å². The Hall–Kier alpha value is -2.89. The first-order chi connectivity index (χ1) is 9.16. The zero-order valence-electron chi connectivity index (χ0n) is 9.93. The van der Waals surface area contributed by atoms with Crippen LogP contribution in [0, 0.1) is 0 Å². The van der Waals surface area contributed by atoms with E-state index < -0.39 is 0 Å². The van der Waals surface area contributed by atoms with Crippen LogP contribution in [0.25, 0.3) is 0 Å². The average Bonchev–Trinajstić information content (AvgIpc) is 2.42. The van der Waals surface area contributed by atoms with E-state index in [0.717, 1.165) is 0 Å². The summed E-state index contributed by atoms with van der Waals surface area (Å²) in [7, 11) is 0.